The van der Waals surface area contributed by atoms with Crippen molar-refractivity contribution in [3.63, 3.8) is 0 Å². The Morgan fingerprint density at radius 3 is 2.39 bits per heavy atom. The number of Topliss-reactive ketones (excluding diaryl/α,β-unsaturated/α-hetero) is 1. The number of aliphatic hydroxyl groups is 1. The lowest BCUT2D eigenvalue weighted by Gasteiger charge is -2.60. The van der Waals surface area contributed by atoms with Gasteiger partial charge in [-0.3, -0.25) is 9.59 Å². The fourth-order valence-electron chi connectivity index (χ4n) is 8.20. The molecular formula is C24H36O4. The minimum absolute atomic E-state index is 0.0163. The number of fused-ring (bicyclic) bond motifs is 5. The van der Waals surface area contributed by atoms with Gasteiger partial charge in [0, 0.05) is 12.3 Å². The van der Waals surface area contributed by atoms with Crippen molar-refractivity contribution in [2.75, 3.05) is 0 Å². The van der Waals surface area contributed by atoms with Gasteiger partial charge >= 0.3 is 5.97 Å². The van der Waals surface area contributed by atoms with Crippen LogP contribution in [0.1, 0.15) is 79.6 Å². The van der Waals surface area contributed by atoms with E-state index in [2.05, 4.69) is 26.8 Å². The van der Waals surface area contributed by atoms with Crippen molar-refractivity contribution in [2.45, 2.75) is 91.3 Å². The molecule has 4 rings (SSSR count). The largest absolute Gasteiger partial charge is 0.451 e. The van der Waals surface area contributed by atoms with Gasteiger partial charge in [-0.15, -0.1) is 0 Å². The summed E-state index contributed by atoms with van der Waals surface area (Å²) in [4.78, 5) is 24.7. The van der Waals surface area contributed by atoms with Crippen molar-refractivity contribution in [1.82, 2.24) is 0 Å². The van der Waals surface area contributed by atoms with Crippen LogP contribution in [-0.2, 0) is 14.3 Å². The van der Waals surface area contributed by atoms with Gasteiger partial charge < -0.3 is 9.84 Å². The van der Waals surface area contributed by atoms with Gasteiger partial charge in [-0.2, -0.15) is 0 Å². The SMILES string of the molecule is CC(=O)O[C@]1(C(C)=O)CC[C@H]2[C@@H]3C[C@H](C)C4=CC(O)CC[C@]4(C)[C@H]3CC[C@@]21C. The molecule has 4 nitrogen and oxygen atoms in total. The number of allylic oxidation sites excluding steroid dienone is 1. The summed E-state index contributed by atoms with van der Waals surface area (Å²) in [5, 5.41) is 10.2. The van der Waals surface area contributed by atoms with Crippen LogP contribution in [0.4, 0.5) is 0 Å². The number of aliphatic hydroxyl groups excluding tert-OH is 1. The average Bonchev–Trinajstić information content (AvgIpc) is 2.90. The summed E-state index contributed by atoms with van der Waals surface area (Å²) in [6, 6.07) is 0. The zero-order valence-electron chi connectivity index (χ0n) is 18.1. The number of rotatable bonds is 2. The highest BCUT2D eigenvalue weighted by atomic mass is 16.6. The normalized spacial score (nSPS) is 50.1. The Balaban J connectivity index is 1.73. The van der Waals surface area contributed by atoms with Crippen LogP contribution < -0.4 is 0 Å². The van der Waals surface area contributed by atoms with Crippen molar-refractivity contribution < 1.29 is 19.4 Å². The summed E-state index contributed by atoms with van der Waals surface area (Å²) >= 11 is 0. The molecule has 4 aliphatic rings. The van der Waals surface area contributed by atoms with Gasteiger partial charge in [0.15, 0.2) is 11.4 Å². The number of ketones is 1. The van der Waals surface area contributed by atoms with E-state index in [4.69, 9.17) is 4.74 Å². The topological polar surface area (TPSA) is 63.6 Å². The van der Waals surface area contributed by atoms with Gasteiger partial charge in [0.05, 0.1) is 6.10 Å². The van der Waals surface area contributed by atoms with Crippen molar-refractivity contribution in [3.8, 4) is 0 Å². The van der Waals surface area contributed by atoms with Crippen LogP contribution >= 0.6 is 0 Å². The smallest absolute Gasteiger partial charge is 0.303 e. The highest BCUT2D eigenvalue weighted by Crippen LogP contribution is 2.69. The maximum atomic E-state index is 12.8. The predicted octanol–water partition coefficient (Wildman–Crippen LogP) is 4.45. The van der Waals surface area contributed by atoms with Gasteiger partial charge in [0.25, 0.3) is 0 Å². The van der Waals surface area contributed by atoms with Crippen molar-refractivity contribution >= 4 is 11.8 Å². The number of hydrogen-bond donors (Lipinski definition) is 1. The minimum Gasteiger partial charge on any atom is -0.451 e. The molecule has 0 aromatic carbocycles. The van der Waals surface area contributed by atoms with E-state index >= 15 is 0 Å². The molecule has 28 heavy (non-hydrogen) atoms. The maximum absolute atomic E-state index is 12.8. The molecule has 0 saturated heterocycles. The van der Waals surface area contributed by atoms with E-state index in [1.165, 1.54) is 12.5 Å². The molecule has 0 bridgehead atoms. The molecule has 3 saturated carbocycles. The first kappa shape index (κ1) is 20.1. The first-order valence-electron chi connectivity index (χ1n) is 11.2. The van der Waals surface area contributed by atoms with E-state index in [1.807, 2.05) is 0 Å². The Morgan fingerprint density at radius 2 is 1.75 bits per heavy atom. The zero-order valence-corrected chi connectivity index (χ0v) is 18.1. The molecule has 1 unspecified atom stereocenters. The molecule has 4 heteroatoms. The molecule has 1 N–H and O–H groups in total. The van der Waals surface area contributed by atoms with Gasteiger partial charge in [-0.25, -0.2) is 0 Å². The summed E-state index contributed by atoms with van der Waals surface area (Å²) in [5.74, 6) is 1.72. The third-order valence-corrected chi connectivity index (χ3v) is 9.41. The number of esters is 1. The lowest BCUT2D eigenvalue weighted by molar-refractivity contribution is -0.187. The molecular weight excluding hydrogens is 352 g/mol. The van der Waals surface area contributed by atoms with Crippen molar-refractivity contribution in [2.24, 2.45) is 34.5 Å². The molecule has 4 aliphatic carbocycles. The second-order valence-corrected chi connectivity index (χ2v) is 10.6. The van der Waals surface area contributed by atoms with E-state index in [-0.39, 0.29) is 28.7 Å². The third-order valence-electron chi connectivity index (χ3n) is 9.41. The molecule has 0 spiro atoms. The van der Waals surface area contributed by atoms with Crippen molar-refractivity contribution in [1.29, 1.82) is 0 Å². The van der Waals surface area contributed by atoms with Gasteiger partial charge in [0.1, 0.15) is 0 Å². The highest BCUT2D eigenvalue weighted by molar-refractivity contribution is 5.89. The minimum atomic E-state index is -0.947. The first-order chi connectivity index (χ1) is 13.0. The number of carbonyl (C=O) groups is 2. The highest BCUT2D eigenvalue weighted by Gasteiger charge is 2.68. The summed E-state index contributed by atoms with van der Waals surface area (Å²) < 4.78 is 5.85. The lowest BCUT2D eigenvalue weighted by atomic mass is 9.44. The van der Waals surface area contributed by atoms with Gasteiger partial charge in [-0.1, -0.05) is 32.4 Å². The molecule has 0 radical (unpaired) electrons. The fraction of sp³-hybridized carbons (Fsp3) is 0.833. The van der Waals surface area contributed by atoms with Gasteiger partial charge in [0.2, 0.25) is 0 Å². The molecule has 0 aromatic heterocycles. The average molecular weight is 389 g/mol. The van der Waals surface area contributed by atoms with Crippen LogP contribution in [-0.4, -0.2) is 28.6 Å². The predicted molar refractivity (Wildman–Crippen MR) is 107 cm³/mol. The van der Waals surface area contributed by atoms with Crippen LogP contribution in [0.25, 0.3) is 0 Å². The molecule has 0 aromatic rings. The summed E-state index contributed by atoms with van der Waals surface area (Å²) in [6.07, 6.45) is 8.51. The quantitative estimate of drug-likeness (QED) is 0.561. The van der Waals surface area contributed by atoms with E-state index < -0.39 is 5.60 Å². The summed E-state index contributed by atoms with van der Waals surface area (Å²) in [7, 11) is 0. The second kappa shape index (κ2) is 6.42. The first-order valence-corrected chi connectivity index (χ1v) is 11.2. The summed E-state index contributed by atoms with van der Waals surface area (Å²) in [5.41, 5.74) is 0.410. The van der Waals surface area contributed by atoms with Crippen LogP contribution in [0.2, 0.25) is 0 Å². The summed E-state index contributed by atoms with van der Waals surface area (Å²) in [6.45, 7) is 9.98. The van der Waals surface area contributed by atoms with E-state index in [1.54, 1.807) is 6.92 Å². The van der Waals surface area contributed by atoms with Crippen LogP contribution in [0.5, 0.6) is 0 Å². The molecule has 0 amide bonds. The molecule has 8 atom stereocenters. The number of carbonyl (C=O) groups excluding carboxylic acids is 2. The number of ether oxygens (including phenoxy) is 1. The van der Waals surface area contributed by atoms with Gasteiger partial charge in [-0.05, 0) is 81.0 Å². The second-order valence-electron chi connectivity index (χ2n) is 10.6. The Labute approximate surface area is 169 Å². The number of hydrogen-bond acceptors (Lipinski definition) is 4. The molecule has 0 aliphatic heterocycles. The Hall–Kier alpha value is -1.16. The van der Waals surface area contributed by atoms with E-state index in [0.29, 0.717) is 30.1 Å². The Kier molecular flexibility index (Phi) is 4.61. The van der Waals surface area contributed by atoms with Crippen LogP contribution in [0.3, 0.4) is 0 Å². The zero-order chi connectivity index (χ0) is 20.5. The van der Waals surface area contributed by atoms with Crippen LogP contribution in [0, 0.1) is 34.5 Å². The maximum Gasteiger partial charge on any atom is 0.303 e. The Morgan fingerprint density at radius 1 is 1.07 bits per heavy atom. The monoisotopic (exact) mass is 388 g/mol. The van der Waals surface area contributed by atoms with E-state index in [9.17, 15) is 14.7 Å². The van der Waals surface area contributed by atoms with E-state index in [0.717, 1.165) is 38.5 Å². The Bertz CT molecular complexity index is 726. The molecule has 3 fully saturated rings. The lowest BCUT2D eigenvalue weighted by Crippen LogP contribution is -2.59. The fourth-order valence-corrected chi connectivity index (χ4v) is 8.20. The standard InChI is InChI=1S/C24H36O4/c1-14-12-18-19(22(4)9-6-17(27)13-21(14)22)7-10-23(5)20(18)8-11-24(23,15(2)25)28-16(3)26/h13-14,17-20,27H,6-12H2,1-5H3/t14-,17?,18+,19-,20-,22+,23-,24-/m0/s1. The van der Waals surface area contributed by atoms with Crippen molar-refractivity contribution in [3.05, 3.63) is 11.6 Å². The molecule has 156 valence electrons. The molecule has 0 heterocycles. The third kappa shape index (κ3) is 2.52. The van der Waals surface area contributed by atoms with Crippen LogP contribution in [0.15, 0.2) is 11.6 Å².